The maximum atomic E-state index is 12.9. The molecule has 0 spiro atoms. The Morgan fingerprint density at radius 1 is 1.04 bits per heavy atom. The zero-order chi connectivity index (χ0) is 19.7. The Morgan fingerprint density at radius 3 is 2.21 bits per heavy atom. The van der Waals surface area contributed by atoms with Crippen LogP contribution in [-0.4, -0.2) is 38.4 Å². The van der Waals surface area contributed by atoms with Gasteiger partial charge in [0.15, 0.2) is 16.4 Å². The molecule has 1 saturated heterocycles. The first-order chi connectivity index (χ1) is 13.4. The van der Waals surface area contributed by atoms with E-state index in [2.05, 4.69) is 0 Å². The van der Waals surface area contributed by atoms with Crippen LogP contribution in [0.4, 0.5) is 11.4 Å². The SMILES string of the molecule is O=C(C[C@H]1CCS(=O)(=O)C1)OCC(=O)N1c2ccccc2Sc2ccccc21. The summed E-state index contributed by atoms with van der Waals surface area (Å²) >= 11 is 1.59. The third kappa shape index (κ3) is 3.93. The first kappa shape index (κ1) is 19.0. The second-order valence-corrected chi connectivity index (χ2v) is 10.2. The van der Waals surface area contributed by atoms with Gasteiger partial charge in [-0.15, -0.1) is 0 Å². The van der Waals surface area contributed by atoms with Crippen molar-refractivity contribution in [3.05, 3.63) is 48.5 Å². The van der Waals surface area contributed by atoms with Gasteiger partial charge in [-0.3, -0.25) is 14.5 Å². The van der Waals surface area contributed by atoms with Crippen molar-refractivity contribution in [3.63, 3.8) is 0 Å². The number of amides is 1. The van der Waals surface area contributed by atoms with E-state index in [1.54, 1.807) is 16.7 Å². The van der Waals surface area contributed by atoms with Gasteiger partial charge in [-0.05, 0) is 36.6 Å². The summed E-state index contributed by atoms with van der Waals surface area (Å²) in [5.41, 5.74) is 1.52. The van der Waals surface area contributed by atoms with E-state index in [-0.39, 0.29) is 36.4 Å². The van der Waals surface area contributed by atoms with Crippen LogP contribution in [0, 0.1) is 5.92 Å². The van der Waals surface area contributed by atoms with Crippen molar-refractivity contribution < 1.29 is 22.7 Å². The lowest BCUT2D eigenvalue weighted by Crippen LogP contribution is -2.32. The number of nitrogens with zero attached hydrogens (tertiary/aromatic N) is 1. The first-order valence-electron chi connectivity index (χ1n) is 8.98. The van der Waals surface area contributed by atoms with E-state index in [1.807, 2.05) is 48.5 Å². The van der Waals surface area contributed by atoms with Crippen molar-refractivity contribution in [1.29, 1.82) is 0 Å². The van der Waals surface area contributed by atoms with E-state index >= 15 is 0 Å². The Hall–Kier alpha value is -2.32. The number of fused-ring (bicyclic) bond motifs is 2. The smallest absolute Gasteiger partial charge is 0.306 e. The van der Waals surface area contributed by atoms with Crippen LogP contribution in [0.2, 0.25) is 0 Å². The average Bonchev–Trinajstić information content (AvgIpc) is 3.02. The third-order valence-corrected chi connectivity index (χ3v) is 7.79. The summed E-state index contributed by atoms with van der Waals surface area (Å²) in [6, 6.07) is 15.2. The van der Waals surface area contributed by atoms with Crippen molar-refractivity contribution in [3.8, 4) is 0 Å². The van der Waals surface area contributed by atoms with Gasteiger partial charge in [0.05, 0.1) is 22.9 Å². The van der Waals surface area contributed by atoms with Gasteiger partial charge in [-0.25, -0.2) is 8.42 Å². The summed E-state index contributed by atoms with van der Waals surface area (Å²) in [6.07, 6.45) is 0.491. The molecular formula is C20H19NO5S2. The van der Waals surface area contributed by atoms with Crippen LogP contribution in [0.3, 0.4) is 0 Å². The molecule has 146 valence electrons. The fraction of sp³-hybridized carbons (Fsp3) is 0.300. The summed E-state index contributed by atoms with van der Waals surface area (Å²) < 4.78 is 28.2. The predicted octanol–water partition coefficient (Wildman–Crippen LogP) is 3.18. The number of hydrogen-bond acceptors (Lipinski definition) is 6. The predicted molar refractivity (Wildman–Crippen MR) is 106 cm³/mol. The van der Waals surface area contributed by atoms with Gasteiger partial charge in [-0.2, -0.15) is 0 Å². The van der Waals surface area contributed by atoms with Crippen LogP contribution in [0.1, 0.15) is 12.8 Å². The molecule has 1 atom stereocenters. The Kier molecular flexibility index (Phi) is 5.16. The number of carbonyl (C=O) groups excluding carboxylic acids is 2. The van der Waals surface area contributed by atoms with Crippen molar-refractivity contribution in [2.24, 2.45) is 5.92 Å². The molecule has 0 aliphatic carbocycles. The normalized spacial score (nSPS) is 19.6. The zero-order valence-electron chi connectivity index (χ0n) is 15.0. The van der Waals surface area contributed by atoms with E-state index in [0.29, 0.717) is 6.42 Å². The molecule has 2 heterocycles. The van der Waals surface area contributed by atoms with Crippen molar-refractivity contribution >= 4 is 44.9 Å². The monoisotopic (exact) mass is 417 g/mol. The molecule has 6 nitrogen and oxygen atoms in total. The number of hydrogen-bond donors (Lipinski definition) is 0. The van der Waals surface area contributed by atoms with Crippen molar-refractivity contribution in [1.82, 2.24) is 0 Å². The molecule has 1 amide bonds. The second kappa shape index (κ2) is 7.60. The highest BCUT2D eigenvalue weighted by Gasteiger charge is 2.31. The van der Waals surface area contributed by atoms with Crippen LogP contribution in [-0.2, 0) is 24.2 Å². The maximum Gasteiger partial charge on any atom is 0.306 e. The van der Waals surface area contributed by atoms with E-state index in [1.165, 1.54) is 0 Å². The molecule has 2 aromatic rings. The number of carbonyl (C=O) groups is 2. The van der Waals surface area contributed by atoms with Crippen LogP contribution in [0.25, 0.3) is 0 Å². The fourth-order valence-electron chi connectivity index (χ4n) is 3.51. The van der Waals surface area contributed by atoms with Gasteiger partial charge in [0.25, 0.3) is 5.91 Å². The van der Waals surface area contributed by atoms with Crippen molar-refractivity contribution in [2.45, 2.75) is 22.6 Å². The molecule has 4 rings (SSSR count). The summed E-state index contributed by atoms with van der Waals surface area (Å²) in [7, 11) is -3.04. The molecule has 0 aromatic heterocycles. The Bertz CT molecular complexity index is 989. The molecule has 8 heteroatoms. The Labute approximate surface area is 167 Å². The fourth-order valence-corrected chi connectivity index (χ4v) is 6.43. The molecule has 0 N–H and O–H groups in total. The molecule has 28 heavy (non-hydrogen) atoms. The van der Waals surface area contributed by atoms with Gasteiger partial charge in [0.1, 0.15) is 0 Å². The average molecular weight is 418 g/mol. The standard InChI is InChI=1S/C20H19NO5S2/c22-19(12-26-20(23)11-14-9-10-28(24,25)13-14)21-15-5-1-3-7-17(15)27-18-8-4-2-6-16(18)21/h1-8,14H,9-13H2/t14-/m1/s1. The number of rotatable bonds is 4. The summed E-state index contributed by atoms with van der Waals surface area (Å²) in [4.78, 5) is 28.5. The second-order valence-electron chi connectivity index (χ2n) is 6.90. The molecule has 2 aromatic carbocycles. The topological polar surface area (TPSA) is 80.7 Å². The van der Waals surface area contributed by atoms with Crippen LogP contribution >= 0.6 is 11.8 Å². The minimum Gasteiger partial charge on any atom is -0.456 e. The molecule has 0 unspecified atom stereocenters. The van der Waals surface area contributed by atoms with Gasteiger partial charge in [-0.1, -0.05) is 36.0 Å². The highest BCUT2D eigenvalue weighted by molar-refractivity contribution is 7.99. The van der Waals surface area contributed by atoms with Gasteiger partial charge in [0, 0.05) is 16.2 Å². The molecule has 0 bridgehead atoms. The Morgan fingerprint density at radius 2 is 1.64 bits per heavy atom. The number of ether oxygens (including phenoxy) is 1. The lowest BCUT2D eigenvalue weighted by molar-refractivity contribution is -0.148. The molecule has 0 radical (unpaired) electrons. The Balaban J connectivity index is 1.46. The first-order valence-corrected chi connectivity index (χ1v) is 11.6. The summed E-state index contributed by atoms with van der Waals surface area (Å²) in [5, 5.41) is 0. The zero-order valence-corrected chi connectivity index (χ0v) is 16.7. The minimum atomic E-state index is -3.04. The lowest BCUT2D eigenvalue weighted by Gasteiger charge is -2.30. The quantitative estimate of drug-likeness (QED) is 0.711. The highest BCUT2D eigenvalue weighted by atomic mass is 32.2. The van der Waals surface area contributed by atoms with E-state index in [0.717, 1.165) is 21.2 Å². The number of esters is 1. The van der Waals surface area contributed by atoms with Gasteiger partial charge >= 0.3 is 5.97 Å². The summed E-state index contributed by atoms with van der Waals surface area (Å²) in [6.45, 7) is -0.383. The third-order valence-electron chi connectivity index (χ3n) is 4.82. The molecule has 1 fully saturated rings. The minimum absolute atomic E-state index is 0.0140. The van der Waals surface area contributed by atoms with E-state index in [4.69, 9.17) is 4.74 Å². The number of benzene rings is 2. The highest BCUT2D eigenvalue weighted by Crippen LogP contribution is 2.47. The molecule has 2 aliphatic heterocycles. The summed E-state index contributed by atoms with van der Waals surface area (Å²) in [5.74, 6) is -0.973. The van der Waals surface area contributed by atoms with E-state index in [9.17, 15) is 18.0 Å². The largest absolute Gasteiger partial charge is 0.456 e. The lowest BCUT2D eigenvalue weighted by atomic mass is 10.1. The maximum absolute atomic E-state index is 12.9. The molecular weight excluding hydrogens is 398 g/mol. The van der Waals surface area contributed by atoms with Crippen molar-refractivity contribution in [2.75, 3.05) is 23.0 Å². The molecule has 2 aliphatic rings. The van der Waals surface area contributed by atoms with Crippen LogP contribution in [0.15, 0.2) is 58.3 Å². The number of anilines is 2. The van der Waals surface area contributed by atoms with Crippen LogP contribution < -0.4 is 4.90 Å². The number of para-hydroxylation sites is 2. The van der Waals surface area contributed by atoms with Gasteiger partial charge in [0.2, 0.25) is 0 Å². The van der Waals surface area contributed by atoms with Crippen LogP contribution in [0.5, 0.6) is 0 Å². The number of sulfone groups is 1. The van der Waals surface area contributed by atoms with Gasteiger partial charge < -0.3 is 4.74 Å². The molecule has 0 saturated carbocycles. The van der Waals surface area contributed by atoms with E-state index < -0.39 is 15.8 Å².